The molecule has 1 saturated carbocycles. The summed E-state index contributed by atoms with van der Waals surface area (Å²) in [4.78, 5) is 10.8. The van der Waals surface area contributed by atoms with Crippen molar-refractivity contribution in [1.82, 2.24) is 9.97 Å². The maximum Gasteiger partial charge on any atom is 0.157 e. The molecule has 1 aliphatic rings. The van der Waals surface area contributed by atoms with Crippen molar-refractivity contribution in [3.8, 4) is 0 Å². The van der Waals surface area contributed by atoms with Gasteiger partial charge in [-0.3, -0.25) is 0 Å². The van der Waals surface area contributed by atoms with Gasteiger partial charge in [0, 0.05) is 25.5 Å². The van der Waals surface area contributed by atoms with Crippen molar-refractivity contribution in [2.75, 3.05) is 11.9 Å². The minimum atomic E-state index is 0.306. The molecule has 1 fully saturated rings. The van der Waals surface area contributed by atoms with Crippen LogP contribution in [0.15, 0.2) is 12.4 Å². The van der Waals surface area contributed by atoms with Crippen molar-refractivity contribution in [2.24, 2.45) is 5.73 Å². The minimum absolute atomic E-state index is 0.306. The number of thiocarbonyl (C=S) groups is 1. The summed E-state index contributed by atoms with van der Waals surface area (Å²) < 4.78 is 0. The molecule has 4 nitrogen and oxygen atoms in total. The summed E-state index contributed by atoms with van der Waals surface area (Å²) in [6, 6.07) is 0.583. The van der Waals surface area contributed by atoms with Crippen molar-refractivity contribution in [3.63, 3.8) is 0 Å². The number of hydrogen-bond acceptors (Lipinski definition) is 4. The Morgan fingerprint density at radius 3 is 2.71 bits per heavy atom. The monoisotopic (exact) mass is 208 g/mol. The molecule has 1 aliphatic carbocycles. The number of anilines is 1. The summed E-state index contributed by atoms with van der Waals surface area (Å²) in [5.41, 5.74) is 6.20. The van der Waals surface area contributed by atoms with Gasteiger partial charge < -0.3 is 10.6 Å². The second-order valence-electron chi connectivity index (χ2n) is 3.43. The molecule has 0 atom stereocenters. The molecule has 0 radical (unpaired) electrons. The van der Waals surface area contributed by atoms with Crippen molar-refractivity contribution in [2.45, 2.75) is 18.9 Å². The molecule has 0 bridgehead atoms. The Hall–Kier alpha value is -1.23. The summed E-state index contributed by atoms with van der Waals surface area (Å²) in [6.45, 7) is 0. The van der Waals surface area contributed by atoms with E-state index in [0.717, 1.165) is 5.82 Å². The standard InChI is InChI=1S/C9H12N4S/c1-13(6-2-3-6)9-7(8(10)14)11-4-5-12-9/h4-6H,2-3H2,1H3,(H2,10,14). The van der Waals surface area contributed by atoms with Crippen LogP contribution in [0.4, 0.5) is 5.82 Å². The average molecular weight is 208 g/mol. The van der Waals surface area contributed by atoms with Gasteiger partial charge in [-0.1, -0.05) is 12.2 Å². The molecular weight excluding hydrogens is 196 g/mol. The van der Waals surface area contributed by atoms with E-state index in [1.165, 1.54) is 12.8 Å². The highest BCUT2D eigenvalue weighted by Crippen LogP contribution is 2.29. The lowest BCUT2D eigenvalue weighted by molar-refractivity contribution is 0.881. The first-order valence-electron chi connectivity index (χ1n) is 4.54. The molecule has 0 unspecified atom stereocenters. The van der Waals surface area contributed by atoms with Gasteiger partial charge in [-0.2, -0.15) is 0 Å². The molecule has 1 aromatic heterocycles. The highest BCUT2D eigenvalue weighted by Gasteiger charge is 2.29. The van der Waals surface area contributed by atoms with Gasteiger partial charge in [-0.05, 0) is 12.8 Å². The first-order valence-corrected chi connectivity index (χ1v) is 4.94. The highest BCUT2D eigenvalue weighted by molar-refractivity contribution is 7.80. The quantitative estimate of drug-likeness (QED) is 0.741. The van der Waals surface area contributed by atoms with Gasteiger partial charge in [-0.15, -0.1) is 0 Å². The lowest BCUT2D eigenvalue weighted by Crippen LogP contribution is -2.25. The number of nitrogens with two attached hydrogens (primary N) is 1. The fraction of sp³-hybridized carbons (Fsp3) is 0.444. The van der Waals surface area contributed by atoms with E-state index in [0.29, 0.717) is 16.7 Å². The van der Waals surface area contributed by atoms with E-state index in [4.69, 9.17) is 18.0 Å². The third-order valence-electron chi connectivity index (χ3n) is 2.34. The molecular formula is C9H12N4S. The highest BCUT2D eigenvalue weighted by atomic mass is 32.1. The Labute approximate surface area is 88.1 Å². The van der Waals surface area contributed by atoms with Crippen LogP contribution in [0.2, 0.25) is 0 Å². The van der Waals surface area contributed by atoms with Gasteiger partial charge in [0.05, 0.1) is 0 Å². The number of aromatic nitrogens is 2. The lowest BCUT2D eigenvalue weighted by Gasteiger charge is -2.18. The normalized spacial score (nSPS) is 15.2. The largest absolute Gasteiger partial charge is 0.388 e. The van der Waals surface area contributed by atoms with Crippen LogP contribution in [-0.2, 0) is 0 Å². The van der Waals surface area contributed by atoms with E-state index in [9.17, 15) is 0 Å². The second kappa shape index (κ2) is 3.49. The van der Waals surface area contributed by atoms with Crippen molar-refractivity contribution in [1.29, 1.82) is 0 Å². The third-order valence-corrected chi connectivity index (χ3v) is 2.53. The van der Waals surface area contributed by atoms with E-state index in [-0.39, 0.29) is 0 Å². The number of rotatable bonds is 3. The maximum absolute atomic E-state index is 5.58. The minimum Gasteiger partial charge on any atom is -0.388 e. The van der Waals surface area contributed by atoms with Gasteiger partial charge >= 0.3 is 0 Å². The Bertz CT molecular complexity index is 362. The maximum atomic E-state index is 5.58. The van der Waals surface area contributed by atoms with Gasteiger partial charge in [0.2, 0.25) is 0 Å². The molecule has 5 heteroatoms. The van der Waals surface area contributed by atoms with Crippen molar-refractivity contribution < 1.29 is 0 Å². The molecule has 2 N–H and O–H groups in total. The summed E-state index contributed by atoms with van der Waals surface area (Å²) >= 11 is 4.92. The Morgan fingerprint density at radius 2 is 2.14 bits per heavy atom. The van der Waals surface area contributed by atoms with Crippen LogP contribution in [0.25, 0.3) is 0 Å². The zero-order valence-electron chi connectivity index (χ0n) is 7.97. The molecule has 0 saturated heterocycles. The average Bonchev–Trinajstić information content (AvgIpc) is 3.00. The van der Waals surface area contributed by atoms with Crippen LogP contribution in [0, 0.1) is 0 Å². The molecule has 74 valence electrons. The molecule has 1 heterocycles. The first kappa shape index (κ1) is 9.33. The van der Waals surface area contributed by atoms with Crippen LogP contribution in [-0.4, -0.2) is 28.0 Å². The molecule has 0 spiro atoms. The Kier molecular flexibility index (Phi) is 2.33. The van der Waals surface area contributed by atoms with Gasteiger partial charge in [0.25, 0.3) is 0 Å². The Balaban J connectivity index is 2.34. The molecule has 0 aliphatic heterocycles. The summed E-state index contributed by atoms with van der Waals surface area (Å²) in [6.07, 6.45) is 5.70. The van der Waals surface area contributed by atoms with Crippen LogP contribution in [0.5, 0.6) is 0 Å². The lowest BCUT2D eigenvalue weighted by atomic mass is 10.3. The van der Waals surface area contributed by atoms with E-state index < -0.39 is 0 Å². The van der Waals surface area contributed by atoms with Crippen LogP contribution >= 0.6 is 12.2 Å². The number of hydrogen-bond donors (Lipinski definition) is 1. The van der Waals surface area contributed by atoms with Crippen LogP contribution in [0.3, 0.4) is 0 Å². The SMILES string of the molecule is CN(c1nccnc1C(N)=S)C1CC1. The van der Waals surface area contributed by atoms with Crippen molar-refractivity contribution >= 4 is 23.0 Å². The van der Waals surface area contributed by atoms with E-state index in [1.807, 2.05) is 7.05 Å². The van der Waals surface area contributed by atoms with Gasteiger partial charge in [0.15, 0.2) is 5.82 Å². The summed E-state index contributed by atoms with van der Waals surface area (Å²) in [5, 5.41) is 0. The van der Waals surface area contributed by atoms with Crippen LogP contribution in [0.1, 0.15) is 18.5 Å². The van der Waals surface area contributed by atoms with Crippen LogP contribution < -0.4 is 10.6 Å². The molecule has 0 aromatic carbocycles. The predicted octanol–water partition coefficient (Wildman–Crippen LogP) is 0.709. The fourth-order valence-corrected chi connectivity index (χ4v) is 1.54. The Morgan fingerprint density at radius 1 is 1.50 bits per heavy atom. The zero-order valence-corrected chi connectivity index (χ0v) is 8.79. The molecule has 0 amide bonds. The fourth-order valence-electron chi connectivity index (χ4n) is 1.40. The molecule has 2 rings (SSSR count). The van der Waals surface area contributed by atoms with Gasteiger partial charge in [-0.25, -0.2) is 9.97 Å². The predicted molar refractivity (Wildman–Crippen MR) is 59.3 cm³/mol. The van der Waals surface area contributed by atoms with Gasteiger partial charge in [0.1, 0.15) is 10.7 Å². The second-order valence-corrected chi connectivity index (χ2v) is 3.87. The molecule has 14 heavy (non-hydrogen) atoms. The summed E-state index contributed by atoms with van der Waals surface area (Å²) in [5.74, 6) is 0.794. The first-order chi connectivity index (χ1) is 6.70. The zero-order chi connectivity index (χ0) is 10.1. The van der Waals surface area contributed by atoms with E-state index in [1.54, 1.807) is 12.4 Å². The smallest absolute Gasteiger partial charge is 0.157 e. The topological polar surface area (TPSA) is 55.0 Å². The molecule has 1 aromatic rings. The van der Waals surface area contributed by atoms with E-state index in [2.05, 4.69) is 14.9 Å². The summed E-state index contributed by atoms with van der Waals surface area (Å²) in [7, 11) is 2.00. The number of nitrogens with zero attached hydrogens (tertiary/aromatic N) is 3. The van der Waals surface area contributed by atoms with Crippen molar-refractivity contribution in [3.05, 3.63) is 18.1 Å². The third kappa shape index (κ3) is 1.68. The van der Waals surface area contributed by atoms with E-state index >= 15 is 0 Å².